The van der Waals surface area contributed by atoms with Crippen LogP contribution in [0, 0.1) is 6.92 Å². The zero-order valence-corrected chi connectivity index (χ0v) is 11.2. The molecule has 0 bridgehead atoms. The first kappa shape index (κ1) is 12.9. The molecule has 0 amide bonds. The first-order valence-electron chi connectivity index (χ1n) is 5.34. The summed E-state index contributed by atoms with van der Waals surface area (Å²) in [5.41, 5.74) is 8.28. The second-order valence-corrected chi connectivity index (χ2v) is 4.90. The van der Waals surface area contributed by atoms with Gasteiger partial charge >= 0.3 is 0 Å². The van der Waals surface area contributed by atoms with Gasteiger partial charge in [0, 0.05) is 16.8 Å². The van der Waals surface area contributed by atoms with Crippen molar-refractivity contribution >= 4 is 34.7 Å². The molecule has 0 fully saturated rings. The van der Waals surface area contributed by atoms with Crippen molar-refractivity contribution < 1.29 is 4.79 Å². The number of benzene rings is 2. The summed E-state index contributed by atoms with van der Waals surface area (Å²) in [5, 5.41) is 0.792. The highest BCUT2D eigenvalue weighted by molar-refractivity contribution is 6.42. The van der Waals surface area contributed by atoms with Gasteiger partial charge in [0.25, 0.3) is 0 Å². The Morgan fingerprint density at radius 2 is 1.72 bits per heavy atom. The maximum absolute atomic E-state index is 12.3. The van der Waals surface area contributed by atoms with E-state index in [2.05, 4.69) is 0 Å². The number of carbonyl (C=O) groups is 1. The van der Waals surface area contributed by atoms with E-state index in [4.69, 9.17) is 28.9 Å². The maximum Gasteiger partial charge on any atom is 0.193 e. The molecule has 0 aliphatic heterocycles. The zero-order valence-electron chi connectivity index (χ0n) is 9.71. The van der Waals surface area contributed by atoms with Gasteiger partial charge in [-0.1, -0.05) is 23.2 Å². The van der Waals surface area contributed by atoms with Crippen molar-refractivity contribution in [3.8, 4) is 0 Å². The molecule has 0 saturated carbocycles. The molecule has 0 saturated heterocycles. The van der Waals surface area contributed by atoms with Crippen molar-refractivity contribution in [2.24, 2.45) is 0 Å². The van der Waals surface area contributed by atoms with Gasteiger partial charge in [0.15, 0.2) is 5.78 Å². The van der Waals surface area contributed by atoms with Crippen LogP contribution in [0.3, 0.4) is 0 Å². The molecule has 4 heteroatoms. The first-order chi connectivity index (χ1) is 8.47. The highest BCUT2D eigenvalue weighted by atomic mass is 35.5. The minimum atomic E-state index is -0.121. The van der Waals surface area contributed by atoms with Crippen LogP contribution in [0.25, 0.3) is 0 Å². The van der Waals surface area contributed by atoms with Crippen molar-refractivity contribution in [2.45, 2.75) is 6.92 Å². The van der Waals surface area contributed by atoms with Gasteiger partial charge in [-0.15, -0.1) is 0 Å². The van der Waals surface area contributed by atoms with Gasteiger partial charge in [-0.2, -0.15) is 0 Å². The predicted molar refractivity (Wildman–Crippen MR) is 75.5 cm³/mol. The van der Waals surface area contributed by atoms with Crippen molar-refractivity contribution in [1.29, 1.82) is 0 Å². The molecule has 0 radical (unpaired) electrons. The molecule has 92 valence electrons. The van der Waals surface area contributed by atoms with E-state index in [0.717, 1.165) is 5.56 Å². The molecule has 0 aliphatic carbocycles. The molecule has 0 atom stereocenters. The molecule has 2 N–H and O–H groups in total. The predicted octanol–water partition coefficient (Wildman–Crippen LogP) is 4.12. The van der Waals surface area contributed by atoms with Gasteiger partial charge in [-0.05, 0) is 48.9 Å². The molecule has 0 heterocycles. The normalized spacial score (nSPS) is 10.4. The molecule has 2 nitrogen and oxygen atoms in total. The maximum atomic E-state index is 12.3. The summed E-state index contributed by atoms with van der Waals surface area (Å²) in [6.07, 6.45) is 0. The number of halogens is 2. The second-order valence-electron chi connectivity index (χ2n) is 4.09. The number of hydrogen-bond acceptors (Lipinski definition) is 2. The third-order valence-electron chi connectivity index (χ3n) is 2.54. The van der Waals surface area contributed by atoms with Crippen LogP contribution >= 0.6 is 23.2 Å². The molecule has 2 aromatic rings. The molecular weight excluding hydrogens is 269 g/mol. The molecule has 0 spiro atoms. The Morgan fingerprint density at radius 1 is 1.00 bits per heavy atom. The summed E-state index contributed by atoms with van der Waals surface area (Å²) in [7, 11) is 0. The highest BCUT2D eigenvalue weighted by Crippen LogP contribution is 2.24. The molecule has 0 aromatic heterocycles. The monoisotopic (exact) mass is 279 g/mol. The summed E-state index contributed by atoms with van der Waals surface area (Å²) >= 11 is 11.7. The van der Waals surface area contributed by atoms with Crippen LogP contribution in [0.5, 0.6) is 0 Å². The topological polar surface area (TPSA) is 43.1 Å². The smallest absolute Gasteiger partial charge is 0.193 e. The lowest BCUT2D eigenvalue weighted by Crippen LogP contribution is -2.03. The molecule has 2 rings (SSSR count). The number of hydrogen-bond donors (Lipinski definition) is 1. The van der Waals surface area contributed by atoms with Crippen molar-refractivity contribution in [3.63, 3.8) is 0 Å². The van der Waals surface area contributed by atoms with Crippen LogP contribution in [-0.2, 0) is 0 Å². The fourth-order valence-electron chi connectivity index (χ4n) is 1.75. The lowest BCUT2D eigenvalue weighted by molar-refractivity contribution is 0.103. The number of aryl methyl sites for hydroxylation is 1. The SMILES string of the molecule is Cc1cc(N)cc(C(=O)c2ccc(Cl)c(Cl)c2)c1. The fraction of sp³-hybridized carbons (Fsp3) is 0.0714. The van der Waals surface area contributed by atoms with E-state index in [1.807, 2.05) is 13.0 Å². The Morgan fingerprint density at radius 3 is 2.33 bits per heavy atom. The van der Waals surface area contributed by atoms with Crippen molar-refractivity contribution in [2.75, 3.05) is 5.73 Å². The standard InChI is InChI=1S/C14H11Cl2NO/c1-8-4-10(6-11(17)5-8)14(18)9-2-3-12(15)13(16)7-9/h2-7H,17H2,1H3. The molecule has 18 heavy (non-hydrogen) atoms. The number of rotatable bonds is 2. The molecule has 0 unspecified atom stereocenters. The van der Waals surface area contributed by atoms with Gasteiger partial charge in [0.2, 0.25) is 0 Å². The van der Waals surface area contributed by atoms with E-state index in [1.165, 1.54) is 0 Å². The number of nitrogens with two attached hydrogens (primary N) is 1. The summed E-state index contributed by atoms with van der Waals surface area (Å²) in [4.78, 5) is 12.3. The Balaban J connectivity index is 2.44. The van der Waals surface area contributed by atoms with E-state index in [0.29, 0.717) is 26.9 Å². The quantitative estimate of drug-likeness (QED) is 0.664. The van der Waals surface area contributed by atoms with Crippen LogP contribution in [0.4, 0.5) is 5.69 Å². The van der Waals surface area contributed by atoms with Gasteiger partial charge in [0.1, 0.15) is 0 Å². The number of anilines is 1. The lowest BCUT2D eigenvalue weighted by Gasteiger charge is -2.05. The Hall–Kier alpha value is -1.51. The van der Waals surface area contributed by atoms with E-state index >= 15 is 0 Å². The molecule has 2 aromatic carbocycles. The van der Waals surface area contributed by atoms with E-state index in [-0.39, 0.29) is 5.78 Å². The van der Waals surface area contributed by atoms with E-state index in [9.17, 15) is 4.79 Å². The third kappa shape index (κ3) is 2.66. The Bertz CT molecular complexity index is 603. The number of ketones is 1. The summed E-state index contributed by atoms with van der Waals surface area (Å²) in [6.45, 7) is 1.89. The van der Waals surface area contributed by atoms with Crippen LogP contribution < -0.4 is 5.73 Å². The second kappa shape index (κ2) is 5.01. The summed E-state index contributed by atoms with van der Waals surface area (Å²) in [5.74, 6) is -0.121. The highest BCUT2D eigenvalue weighted by Gasteiger charge is 2.11. The Labute approximate surface area is 115 Å². The zero-order chi connectivity index (χ0) is 13.3. The largest absolute Gasteiger partial charge is 0.399 e. The van der Waals surface area contributed by atoms with Gasteiger partial charge in [-0.3, -0.25) is 4.79 Å². The number of nitrogen functional groups attached to an aromatic ring is 1. The summed E-state index contributed by atoms with van der Waals surface area (Å²) in [6, 6.07) is 10.1. The molecular formula is C14H11Cl2NO. The third-order valence-corrected chi connectivity index (χ3v) is 3.28. The molecule has 0 aliphatic rings. The number of carbonyl (C=O) groups excluding carboxylic acids is 1. The van der Waals surface area contributed by atoms with Crippen LogP contribution in [0.15, 0.2) is 36.4 Å². The minimum Gasteiger partial charge on any atom is -0.399 e. The van der Waals surface area contributed by atoms with Crippen LogP contribution in [-0.4, -0.2) is 5.78 Å². The van der Waals surface area contributed by atoms with Crippen molar-refractivity contribution in [3.05, 3.63) is 63.1 Å². The average Bonchev–Trinajstić information content (AvgIpc) is 2.30. The van der Waals surface area contributed by atoms with Gasteiger partial charge < -0.3 is 5.73 Å². The van der Waals surface area contributed by atoms with E-state index < -0.39 is 0 Å². The van der Waals surface area contributed by atoms with Crippen molar-refractivity contribution in [1.82, 2.24) is 0 Å². The van der Waals surface area contributed by atoms with Crippen LogP contribution in [0.1, 0.15) is 21.5 Å². The minimum absolute atomic E-state index is 0.121. The fourth-order valence-corrected chi connectivity index (χ4v) is 2.05. The van der Waals surface area contributed by atoms with Gasteiger partial charge in [-0.25, -0.2) is 0 Å². The van der Waals surface area contributed by atoms with Crippen LogP contribution in [0.2, 0.25) is 10.0 Å². The lowest BCUT2D eigenvalue weighted by atomic mass is 10.0. The van der Waals surface area contributed by atoms with Gasteiger partial charge in [0.05, 0.1) is 10.0 Å². The Kier molecular flexibility index (Phi) is 3.60. The average molecular weight is 280 g/mol. The van der Waals surface area contributed by atoms with E-state index in [1.54, 1.807) is 30.3 Å². The first-order valence-corrected chi connectivity index (χ1v) is 6.10. The summed E-state index contributed by atoms with van der Waals surface area (Å²) < 4.78 is 0.